The number of halogens is 2. The Balaban J connectivity index is 2.01. The summed E-state index contributed by atoms with van der Waals surface area (Å²) < 4.78 is 26.2. The minimum Gasteiger partial charge on any atom is -0.348 e. The Morgan fingerprint density at radius 3 is 2.64 bits per heavy atom. The van der Waals surface area contributed by atoms with Crippen LogP contribution in [0.1, 0.15) is 23.2 Å². The topological polar surface area (TPSA) is 75.4 Å². The number of carbonyl (C=O) groups is 2. The van der Waals surface area contributed by atoms with E-state index >= 15 is 0 Å². The quantitative estimate of drug-likeness (QED) is 0.852. The Labute approximate surface area is 127 Å². The van der Waals surface area contributed by atoms with Gasteiger partial charge >= 0.3 is 0 Å². The lowest BCUT2D eigenvalue weighted by atomic mass is 10.1. The van der Waals surface area contributed by atoms with Crippen LogP contribution in [0, 0.1) is 0 Å². The number of carbonyl (C=O) groups excluding carboxylic acids is 2. The Bertz CT molecular complexity index is 537. The second-order valence-corrected chi connectivity index (χ2v) is 5.30. The molecule has 3 N–H and O–H groups in total. The van der Waals surface area contributed by atoms with Gasteiger partial charge < -0.3 is 16.0 Å². The van der Waals surface area contributed by atoms with Crippen LogP contribution in [-0.2, 0) is 4.79 Å². The van der Waals surface area contributed by atoms with Crippen LogP contribution in [0.5, 0.6) is 0 Å². The molecule has 1 aromatic carbocycles. The van der Waals surface area contributed by atoms with Crippen molar-refractivity contribution in [1.29, 1.82) is 0 Å². The van der Waals surface area contributed by atoms with Crippen molar-refractivity contribution in [3.05, 3.63) is 35.9 Å². The number of amides is 2. The summed E-state index contributed by atoms with van der Waals surface area (Å²) in [7, 11) is 0. The first-order chi connectivity index (χ1) is 10.4. The van der Waals surface area contributed by atoms with E-state index in [0.29, 0.717) is 24.9 Å². The molecule has 1 atom stereocenters. The molecule has 5 nitrogen and oxygen atoms in total. The van der Waals surface area contributed by atoms with Gasteiger partial charge in [-0.15, -0.1) is 0 Å². The predicted octanol–water partition coefficient (Wildman–Crippen LogP) is 1.00. The largest absolute Gasteiger partial charge is 0.348 e. The highest BCUT2D eigenvalue weighted by molar-refractivity contribution is 5.97. The molecule has 0 spiro atoms. The zero-order valence-electron chi connectivity index (χ0n) is 12.1. The van der Waals surface area contributed by atoms with E-state index in [-0.39, 0.29) is 5.91 Å². The normalized spacial score (nSPS) is 18.3. The number of benzene rings is 1. The Hall–Kier alpha value is -2.02. The van der Waals surface area contributed by atoms with Crippen molar-refractivity contribution in [2.75, 3.05) is 19.6 Å². The average molecular weight is 311 g/mol. The van der Waals surface area contributed by atoms with Crippen LogP contribution < -0.4 is 11.1 Å². The van der Waals surface area contributed by atoms with E-state index in [4.69, 9.17) is 5.73 Å². The number of alkyl halides is 2. The highest BCUT2D eigenvalue weighted by Gasteiger charge is 2.36. The van der Waals surface area contributed by atoms with Gasteiger partial charge in [0.2, 0.25) is 5.91 Å². The van der Waals surface area contributed by atoms with Crippen LogP contribution in [0.2, 0.25) is 0 Å². The van der Waals surface area contributed by atoms with Gasteiger partial charge in [0.1, 0.15) is 6.04 Å². The molecule has 7 heteroatoms. The van der Waals surface area contributed by atoms with Crippen molar-refractivity contribution in [3.63, 3.8) is 0 Å². The van der Waals surface area contributed by atoms with Crippen molar-refractivity contribution < 1.29 is 18.4 Å². The van der Waals surface area contributed by atoms with Gasteiger partial charge in [0.15, 0.2) is 0 Å². The first-order valence-electron chi connectivity index (χ1n) is 7.16. The van der Waals surface area contributed by atoms with E-state index in [9.17, 15) is 18.4 Å². The van der Waals surface area contributed by atoms with E-state index in [1.165, 1.54) is 4.90 Å². The maximum Gasteiger partial charge on any atom is 0.277 e. The van der Waals surface area contributed by atoms with Crippen molar-refractivity contribution in [2.45, 2.75) is 24.8 Å². The molecule has 0 bridgehead atoms. The monoisotopic (exact) mass is 311 g/mol. The summed E-state index contributed by atoms with van der Waals surface area (Å²) in [5, 5.41) is 2.19. The van der Waals surface area contributed by atoms with Crippen LogP contribution in [0.3, 0.4) is 0 Å². The summed E-state index contributed by atoms with van der Waals surface area (Å²) in [4.78, 5) is 25.9. The van der Waals surface area contributed by atoms with Crippen LogP contribution in [0.4, 0.5) is 8.78 Å². The molecule has 0 aliphatic carbocycles. The first-order valence-corrected chi connectivity index (χ1v) is 7.16. The van der Waals surface area contributed by atoms with Gasteiger partial charge in [-0.25, -0.2) is 8.78 Å². The third-order valence-electron chi connectivity index (χ3n) is 3.66. The molecule has 0 aromatic heterocycles. The summed E-state index contributed by atoms with van der Waals surface area (Å²) in [6.45, 7) is -1.20. The molecule has 2 amide bonds. The zero-order valence-corrected chi connectivity index (χ0v) is 12.1. The maximum atomic E-state index is 13.1. The molecule has 1 heterocycles. The smallest absolute Gasteiger partial charge is 0.277 e. The van der Waals surface area contributed by atoms with E-state index in [2.05, 4.69) is 5.32 Å². The Morgan fingerprint density at radius 2 is 2.00 bits per heavy atom. The highest BCUT2D eigenvalue weighted by Crippen LogP contribution is 2.20. The molecule has 22 heavy (non-hydrogen) atoms. The summed E-state index contributed by atoms with van der Waals surface area (Å²) in [5.74, 6) is -3.96. The summed E-state index contributed by atoms with van der Waals surface area (Å²) in [6, 6.07) is 7.89. The highest BCUT2D eigenvalue weighted by atomic mass is 19.3. The van der Waals surface area contributed by atoms with Crippen LogP contribution in [0.25, 0.3) is 0 Å². The molecular weight excluding hydrogens is 292 g/mol. The minimum absolute atomic E-state index is 0.260. The fourth-order valence-corrected chi connectivity index (χ4v) is 2.44. The number of likely N-dealkylation sites (tertiary alicyclic amines) is 1. The molecule has 0 radical (unpaired) electrons. The number of nitrogens with two attached hydrogens (primary N) is 1. The second kappa shape index (κ2) is 6.83. The molecule has 1 unspecified atom stereocenters. The van der Waals surface area contributed by atoms with Crippen LogP contribution in [-0.4, -0.2) is 48.3 Å². The third kappa shape index (κ3) is 3.79. The van der Waals surface area contributed by atoms with E-state index in [0.717, 1.165) is 0 Å². The van der Waals surface area contributed by atoms with Gasteiger partial charge in [-0.2, -0.15) is 0 Å². The molecule has 0 saturated carbocycles. The number of rotatable bonds is 5. The number of nitrogens with one attached hydrogen (secondary N) is 1. The van der Waals surface area contributed by atoms with E-state index in [1.54, 1.807) is 30.3 Å². The van der Waals surface area contributed by atoms with E-state index in [1.807, 2.05) is 0 Å². The molecular formula is C15H19F2N3O2. The molecule has 1 aliphatic rings. The summed E-state index contributed by atoms with van der Waals surface area (Å²) >= 11 is 0. The third-order valence-corrected chi connectivity index (χ3v) is 3.66. The van der Waals surface area contributed by atoms with Gasteiger partial charge in [-0.1, -0.05) is 18.2 Å². The van der Waals surface area contributed by atoms with Gasteiger partial charge in [0.25, 0.3) is 11.8 Å². The number of hydrogen-bond donors (Lipinski definition) is 2. The predicted molar refractivity (Wildman–Crippen MR) is 77.5 cm³/mol. The molecule has 1 saturated heterocycles. The average Bonchev–Trinajstić information content (AvgIpc) is 3.02. The standard InChI is InChI=1S/C15H19F2N3O2/c16-15(17,9-18)10-19-13(21)12-7-4-8-20(12)14(22)11-5-2-1-3-6-11/h1-3,5-6,12H,4,7-10,18H2,(H,19,21). The molecule has 120 valence electrons. The zero-order chi connectivity index (χ0) is 16.2. The number of hydrogen-bond acceptors (Lipinski definition) is 3. The number of nitrogens with zero attached hydrogens (tertiary/aromatic N) is 1. The van der Waals surface area contributed by atoms with Crippen LogP contribution >= 0.6 is 0 Å². The molecule has 1 aromatic rings. The van der Waals surface area contributed by atoms with Crippen molar-refractivity contribution in [1.82, 2.24) is 10.2 Å². The molecule has 1 aliphatic heterocycles. The lowest BCUT2D eigenvalue weighted by molar-refractivity contribution is -0.126. The molecule has 2 rings (SSSR count). The maximum absolute atomic E-state index is 13.1. The van der Waals surface area contributed by atoms with Crippen molar-refractivity contribution in [3.8, 4) is 0 Å². The SMILES string of the molecule is NCC(F)(F)CNC(=O)C1CCCN1C(=O)c1ccccc1. The minimum atomic E-state index is -3.14. The van der Waals surface area contributed by atoms with Crippen molar-refractivity contribution >= 4 is 11.8 Å². The van der Waals surface area contributed by atoms with Gasteiger partial charge in [0, 0.05) is 12.1 Å². The van der Waals surface area contributed by atoms with E-state index < -0.39 is 31.0 Å². The lowest BCUT2D eigenvalue weighted by Gasteiger charge is -2.25. The van der Waals surface area contributed by atoms with Crippen LogP contribution in [0.15, 0.2) is 30.3 Å². The lowest BCUT2D eigenvalue weighted by Crippen LogP contribution is -2.49. The first kappa shape index (κ1) is 16.4. The second-order valence-electron chi connectivity index (χ2n) is 5.30. The fourth-order valence-electron chi connectivity index (χ4n) is 2.44. The van der Waals surface area contributed by atoms with Crippen molar-refractivity contribution in [2.24, 2.45) is 5.73 Å². The summed E-state index contributed by atoms with van der Waals surface area (Å²) in [5.41, 5.74) is 5.41. The Morgan fingerprint density at radius 1 is 1.32 bits per heavy atom. The molecule has 1 fully saturated rings. The Kier molecular flexibility index (Phi) is 5.07. The van der Waals surface area contributed by atoms with Gasteiger partial charge in [-0.05, 0) is 25.0 Å². The summed E-state index contributed by atoms with van der Waals surface area (Å²) in [6.07, 6.45) is 1.14. The van der Waals surface area contributed by atoms with Gasteiger partial charge in [-0.3, -0.25) is 9.59 Å². The fraction of sp³-hybridized carbons (Fsp3) is 0.467. The van der Waals surface area contributed by atoms with Gasteiger partial charge in [0.05, 0.1) is 13.1 Å².